The molecule has 1 amide bonds. The summed E-state index contributed by atoms with van der Waals surface area (Å²) in [6.07, 6.45) is 4.42. The van der Waals surface area contributed by atoms with Crippen LogP contribution in [0.5, 0.6) is 11.5 Å². The molecule has 1 aliphatic heterocycles. The number of aromatic hydroxyl groups is 1. The van der Waals surface area contributed by atoms with Gasteiger partial charge in [-0.15, -0.1) is 0 Å². The van der Waals surface area contributed by atoms with Crippen molar-refractivity contribution in [2.45, 2.75) is 25.2 Å². The maximum absolute atomic E-state index is 12.4. The third-order valence-electron chi connectivity index (χ3n) is 4.80. The Balaban J connectivity index is 1.76. The molecule has 3 rings (SSSR count). The van der Waals surface area contributed by atoms with Crippen LogP contribution in [0.15, 0.2) is 42.7 Å². The number of hydrogen-bond donors (Lipinski definition) is 2. The van der Waals surface area contributed by atoms with Crippen LogP contribution in [0.3, 0.4) is 0 Å². The highest BCUT2D eigenvalue weighted by molar-refractivity contribution is 5.94. The summed E-state index contributed by atoms with van der Waals surface area (Å²) in [5.41, 5.74) is 1.33. The molecule has 1 aromatic heterocycles. The van der Waals surface area contributed by atoms with Crippen LogP contribution in [0.4, 0.5) is 0 Å². The number of amides is 1. The fraction of sp³-hybridized carbons (Fsp3) is 0.400. The molecule has 1 saturated heterocycles. The Hall–Kier alpha value is -2.60. The average molecular weight is 356 g/mol. The Labute approximate surface area is 153 Å². The molecular formula is C20H24N2O4. The van der Waals surface area contributed by atoms with Gasteiger partial charge in [-0.2, -0.15) is 0 Å². The van der Waals surface area contributed by atoms with Crippen molar-refractivity contribution in [1.29, 1.82) is 0 Å². The molecule has 0 atom stereocenters. The van der Waals surface area contributed by atoms with E-state index in [0.29, 0.717) is 31.9 Å². The highest BCUT2D eigenvalue weighted by atomic mass is 16.5. The molecule has 6 nitrogen and oxygen atoms in total. The van der Waals surface area contributed by atoms with Crippen LogP contribution in [-0.4, -0.2) is 42.4 Å². The molecule has 0 unspecified atom stereocenters. The number of nitrogens with one attached hydrogen (secondary N) is 1. The molecular weight excluding hydrogens is 332 g/mol. The Kier molecular flexibility index (Phi) is 5.73. The Morgan fingerprint density at radius 1 is 1.27 bits per heavy atom. The summed E-state index contributed by atoms with van der Waals surface area (Å²) < 4.78 is 11.1. The number of carbonyl (C=O) groups is 1. The number of ether oxygens (including phenoxy) is 2. The van der Waals surface area contributed by atoms with E-state index in [-0.39, 0.29) is 17.1 Å². The maximum atomic E-state index is 12.4. The quantitative estimate of drug-likeness (QED) is 0.832. The van der Waals surface area contributed by atoms with E-state index in [1.54, 1.807) is 0 Å². The first-order valence-electron chi connectivity index (χ1n) is 8.86. The topological polar surface area (TPSA) is 80.7 Å². The smallest absolute Gasteiger partial charge is 0.253 e. The van der Waals surface area contributed by atoms with Crippen LogP contribution in [0.2, 0.25) is 0 Å². The monoisotopic (exact) mass is 356 g/mol. The molecule has 0 bridgehead atoms. The number of benzene rings is 1. The van der Waals surface area contributed by atoms with Gasteiger partial charge in [-0.3, -0.25) is 9.78 Å². The van der Waals surface area contributed by atoms with E-state index < -0.39 is 0 Å². The average Bonchev–Trinajstić information content (AvgIpc) is 2.68. The zero-order valence-electron chi connectivity index (χ0n) is 14.9. The first kappa shape index (κ1) is 18.2. The minimum absolute atomic E-state index is 0.0232. The van der Waals surface area contributed by atoms with E-state index in [2.05, 4.69) is 22.4 Å². The van der Waals surface area contributed by atoms with E-state index in [4.69, 9.17) is 9.47 Å². The number of aromatic nitrogens is 1. The van der Waals surface area contributed by atoms with Gasteiger partial charge in [0.15, 0.2) is 0 Å². The largest absolute Gasteiger partial charge is 0.506 e. The van der Waals surface area contributed by atoms with Crippen molar-refractivity contribution in [2.24, 2.45) is 0 Å². The molecule has 1 aromatic carbocycles. The van der Waals surface area contributed by atoms with Crippen LogP contribution in [0.25, 0.3) is 0 Å². The summed E-state index contributed by atoms with van der Waals surface area (Å²) in [6, 6.07) is 9.49. The second-order valence-corrected chi connectivity index (χ2v) is 6.46. The van der Waals surface area contributed by atoms with Gasteiger partial charge in [-0.1, -0.05) is 12.1 Å². The summed E-state index contributed by atoms with van der Waals surface area (Å²) in [6.45, 7) is 4.42. The summed E-state index contributed by atoms with van der Waals surface area (Å²) in [4.78, 5) is 16.3. The SMILES string of the molecule is CCOc1ccc(C2(CNC(=O)c3cncc(O)c3)CCOCC2)cc1. The van der Waals surface area contributed by atoms with E-state index in [1.165, 1.54) is 24.0 Å². The number of pyridine rings is 1. The van der Waals surface area contributed by atoms with Gasteiger partial charge >= 0.3 is 0 Å². The zero-order chi connectivity index (χ0) is 18.4. The Morgan fingerprint density at radius 3 is 2.65 bits per heavy atom. The minimum Gasteiger partial charge on any atom is -0.506 e. The Morgan fingerprint density at radius 2 is 2.00 bits per heavy atom. The van der Waals surface area contributed by atoms with Gasteiger partial charge in [-0.05, 0) is 43.5 Å². The molecule has 0 spiro atoms. The van der Waals surface area contributed by atoms with Crippen molar-refractivity contribution in [2.75, 3.05) is 26.4 Å². The van der Waals surface area contributed by atoms with Crippen LogP contribution in [-0.2, 0) is 10.2 Å². The lowest BCUT2D eigenvalue weighted by Crippen LogP contribution is -2.44. The van der Waals surface area contributed by atoms with Gasteiger partial charge in [0.05, 0.1) is 18.4 Å². The molecule has 138 valence electrons. The standard InChI is InChI=1S/C20H24N2O4/c1-2-26-18-5-3-16(4-6-18)20(7-9-25-10-8-20)14-22-19(24)15-11-17(23)13-21-12-15/h3-6,11-13,23H,2,7-10,14H2,1H3,(H,22,24). The zero-order valence-corrected chi connectivity index (χ0v) is 14.9. The van der Waals surface area contributed by atoms with Crippen LogP contribution in [0, 0.1) is 0 Å². The molecule has 0 aliphatic carbocycles. The lowest BCUT2D eigenvalue weighted by Gasteiger charge is -2.38. The molecule has 26 heavy (non-hydrogen) atoms. The van der Waals surface area contributed by atoms with Gasteiger partial charge in [-0.25, -0.2) is 0 Å². The maximum Gasteiger partial charge on any atom is 0.253 e. The second kappa shape index (κ2) is 8.19. The van der Waals surface area contributed by atoms with Gasteiger partial charge in [0.2, 0.25) is 0 Å². The molecule has 2 aromatic rings. The fourth-order valence-corrected chi connectivity index (χ4v) is 3.30. The minimum atomic E-state index is -0.245. The van der Waals surface area contributed by atoms with Gasteiger partial charge in [0.25, 0.3) is 5.91 Å². The summed E-state index contributed by atoms with van der Waals surface area (Å²) in [5.74, 6) is 0.573. The lowest BCUT2D eigenvalue weighted by molar-refractivity contribution is 0.0487. The molecule has 1 fully saturated rings. The summed E-state index contributed by atoms with van der Waals surface area (Å²) >= 11 is 0. The van der Waals surface area contributed by atoms with E-state index in [9.17, 15) is 9.90 Å². The van der Waals surface area contributed by atoms with E-state index in [1.807, 2.05) is 19.1 Å². The molecule has 0 saturated carbocycles. The highest BCUT2D eigenvalue weighted by Gasteiger charge is 2.35. The number of rotatable bonds is 6. The van der Waals surface area contributed by atoms with Crippen molar-refractivity contribution >= 4 is 5.91 Å². The van der Waals surface area contributed by atoms with Crippen molar-refractivity contribution < 1.29 is 19.4 Å². The van der Waals surface area contributed by atoms with E-state index >= 15 is 0 Å². The normalized spacial score (nSPS) is 16.0. The fourth-order valence-electron chi connectivity index (χ4n) is 3.30. The van der Waals surface area contributed by atoms with Gasteiger partial charge in [0, 0.05) is 31.4 Å². The van der Waals surface area contributed by atoms with Crippen molar-refractivity contribution in [3.05, 3.63) is 53.9 Å². The van der Waals surface area contributed by atoms with Crippen LogP contribution < -0.4 is 10.1 Å². The molecule has 6 heteroatoms. The molecule has 0 radical (unpaired) electrons. The van der Waals surface area contributed by atoms with Crippen LogP contribution in [0.1, 0.15) is 35.7 Å². The summed E-state index contributed by atoms with van der Waals surface area (Å²) in [7, 11) is 0. The second-order valence-electron chi connectivity index (χ2n) is 6.46. The predicted molar refractivity (Wildman–Crippen MR) is 97.6 cm³/mol. The predicted octanol–water partition coefficient (Wildman–Crippen LogP) is 2.66. The number of nitrogens with zero attached hydrogens (tertiary/aromatic N) is 1. The molecule has 1 aliphatic rings. The lowest BCUT2D eigenvalue weighted by atomic mass is 9.74. The molecule has 2 heterocycles. The molecule has 2 N–H and O–H groups in total. The third kappa shape index (κ3) is 4.14. The third-order valence-corrected chi connectivity index (χ3v) is 4.80. The highest BCUT2D eigenvalue weighted by Crippen LogP contribution is 2.35. The van der Waals surface area contributed by atoms with Crippen molar-refractivity contribution in [3.8, 4) is 11.5 Å². The van der Waals surface area contributed by atoms with Gasteiger partial charge in [0.1, 0.15) is 11.5 Å². The summed E-state index contributed by atoms with van der Waals surface area (Å²) in [5, 5.41) is 12.5. The first-order chi connectivity index (χ1) is 12.6. The Bertz CT molecular complexity index is 740. The number of hydrogen-bond acceptors (Lipinski definition) is 5. The van der Waals surface area contributed by atoms with E-state index in [0.717, 1.165) is 18.6 Å². The van der Waals surface area contributed by atoms with Gasteiger partial charge < -0.3 is 19.9 Å². The van der Waals surface area contributed by atoms with Crippen molar-refractivity contribution in [1.82, 2.24) is 10.3 Å². The number of carbonyl (C=O) groups excluding carboxylic acids is 1. The van der Waals surface area contributed by atoms with Crippen molar-refractivity contribution in [3.63, 3.8) is 0 Å². The van der Waals surface area contributed by atoms with Crippen LogP contribution >= 0.6 is 0 Å². The first-order valence-corrected chi connectivity index (χ1v) is 8.86.